The summed E-state index contributed by atoms with van der Waals surface area (Å²) in [6.07, 6.45) is 0. The smallest absolute Gasteiger partial charge is 0.347 e. The first-order valence-electron chi connectivity index (χ1n) is 6.42. The van der Waals surface area contributed by atoms with Gasteiger partial charge in [0.2, 0.25) is 10.0 Å². The number of hydrogen-bond acceptors (Lipinski definition) is 6. The van der Waals surface area contributed by atoms with Crippen molar-refractivity contribution in [1.82, 2.24) is 5.32 Å². The molecule has 10 heteroatoms. The number of benzene rings is 1. The molecule has 1 atom stereocenters. The maximum atomic E-state index is 12.5. The number of carbonyl (C=O) groups excluding carboxylic acids is 2. The predicted molar refractivity (Wildman–Crippen MR) is 82.5 cm³/mol. The lowest BCUT2D eigenvalue weighted by Gasteiger charge is -2.21. The molecule has 0 saturated heterocycles. The Morgan fingerprint density at radius 3 is 2.48 bits per heavy atom. The van der Waals surface area contributed by atoms with Gasteiger partial charge in [0.1, 0.15) is 11.5 Å². The summed E-state index contributed by atoms with van der Waals surface area (Å²) in [5, 5.41) is 0.248. The molecule has 1 aromatic carbocycles. The molecule has 0 radical (unpaired) electrons. The minimum absolute atomic E-state index is 0.101. The first kappa shape index (κ1) is 16.7. The normalized spacial score (nSPS) is 18.0. The molecule has 0 saturated carbocycles. The molecule has 1 unspecified atom stereocenters. The zero-order valence-corrected chi connectivity index (χ0v) is 13.4. The molecule has 0 aromatic heterocycles. The van der Waals surface area contributed by atoms with Gasteiger partial charge in [-0.15, -0.1) is 0 Å². The Balaban J connectivity index is 2.40. The largest absolute Gasteiger partial charge is 0.497 e. The molecule has 2 N–H and O–H groups in total. The third-order valence-corrected chi connectivity index (χ3v) is 4.77. The lowest BCUT2D eigenvalue weighted by Crippen LogP contribution is -2.51. The monoisotopic (exact) mass is 341 g/mol. The standard InChI is InChI=1S/C13H15N3O6S/c1-7-11(12(17)15-13(18)14-7)23(19,20)16-9-6-8(21-2)4-5-10(9)22-3/h4-6,11,16H,1-3H3,(H,15,17,18). The number of methoxy groups -OCH3 is 2. The van der Waals surface area contributed by atoms with Gasteiger partial charge in [-0.25, -0.2) is 18.2 Å². The summed E-state index contributed by atoms with van der Waals surface area (Å²) < 4.78 is 37.4. The van der Waals surface area contributed by atoms with E-state index in [-0.39, 0.29) is 17.1 Å². The van der Waals surface area contributed by atoms with Crippen LogP contribution < -0.4 is 19.5 Å². The van der Waals surface area contributed by atoms with E-state index in [4.69, 9.17) is 9.47 Å². The summed E-state index contributed by atoms with van der Waals surface area (Å²) in [4.78, 5) is 26.4. The van der Waals surface area contributed by atoms with Crippen molar-refractivity contribution in [2.45, 2.75) is 12.2 Å². The first-order chi connectivity index (χ1) is 10.8. The van der Waals surface area contributed by atoms with Crippen molar-refractivity contribution in [2.24, 2.45) is 4.99 Å². The van der Waals surface area contributed by atoms with Crippen LogP contribution in [0.1, 0.15) is 6.92 Å². The number of rotatable bonds is 5. The van der Waals surface area contributed by atoms with E-state index >= 15 is 0 Å². The van der Waals surface area contributed by atoms with Crippen molar-refractivity contribution in [3.05, 3.63) is 18.2 Å². The van der Waals surface area contributed by atoms with Crippen LogP contribution in [0.5, 0.6) is 11.5 Å². The van der Waals surface area contributed by atoms with Crippen LogP contribution >= 0.6 is 0 Å². The number of nitrogens with one attached hydrogen (secondary N) is 2. The van der Waals surface area contributed by atoms with E-state index in [0.717, 1.165) is 0 Å². The Morgan fingerprint density at radius 1 is 1.22 bits per heavy atom. The van der Waals surface area contributed by atoms with Crippen molar-refractivity contribution in [3.8, 4) is 11.5 Å². The fraction of sp³-hybridized carbons (Fsp3) is 0.308. The summed E-state index contributed by atoms with van der Waals surface area (Å²) in [5.41, 5.74) is -0.0162. The second-order valence-corrected chi connectivity index (χ2v) is 6.41. The highest BCUT2D eigenvalue weighted by Crippen LogP contribution is 2.30. The number of carbonyl (C=O) groups is 2. The number of amides is 3. The summed E-state index contributed by atoms with van der Waals surface area (Å²) in [5.74, 6) is -0.315. The van der Waals surface area contributed by atoms with Crippen molar-refractivity contribution in [1.29, 1.82) is 0 Å². The molecule has 9 nitrogen and oxygen atoms in total. The fourth-order valence-corrected chi connectivity index (χ4v) is 3.51. The van der Waals surface area contributed by atoms with Crippen LogP contribution in [0, 0.1) is 0 Å². The van der Waals surface area contributed by atoms with Gasteiger partial charge >= 0.3 is 6.03 Å². The average molecular weight is 341 g/mol. The predicted octanol–water partition coefficient (Wildman–Crippen LogP) is 0.525. The highest BCUT2D eigenvalue weighted by atomic mass is 32.2. The first-order valence-corrected chi connectivity index (χ1v) is 7.97. The Kier molecular flexibility index (Phi) is 4.55. The lowest BCUT2D eigenvalue weighted by atomic mass is 10.2. The number of sulfonamides is 1. The summed E-state index contributed by atoms with van der Waals surface area (Å²) in [6.45, 7) is 1.29. The Bertz CT molecular complexity index is 787. The topological polar surface area (TPSA) is 123 Å². The van der Waals surface area contributed by atoms with Crippen molar-refractivity contribution in [3.63, 3.8) is 0 Å². The van der Waals surface area contributed by atoms with E-state index in [0.29, 0.717) is 5.75 Å². The van der Waals surface area contributed by atoms with Crippen LogP contribution in [0.4, 0.5) is 10.5 Å². The number of imide groups is 1. The molecule has 0 aliphatic carbocycles. The number of ether oxygens (including phenoxy) is 2. The Morgan fingerprint density at radius 2 is 1.91 bits per heavy atom. The van der Waals surface area contributed by atoms with Gasteiger partial charge in [-0.1, -0.05) is 0 Å². The number of nitrogens with zero attached hydrogens (tertiary/aromatic N) is 1. The minimum Gasteiger partial charge on any atom is -0.497 e. The maximum absolute atomic E-state index is 12.5. The number of aliphatic imine (C=N–C) groups is 1. The quantitative estimate of drug-likeness (QED) is 0.805. The summed E-state index contributed by atoms with van der Waals surface area (Å²) >= 11 is 0. The van der Waals surface area contributed by atoms with E-state index < -0.39 is 27.2 Å². The van der Waals surface area contributed by atoms with Gasteiger partial charge in [0.15, 0.2) is 5.25 Å². The molecule has 1 aliphatic rings. The number of hydrogen-bond donors (Lipinski definition) is 2. The molecule has 124 valence electrons. The average Bonchev–Trinajstić information content (AvgIpc) is 2.45. The second kappa shape index (κ2) is 6.24. The van der Waals surface area contributed by atoms with Crippen LogP contribution in [0.15, 0.2) is 23.2 Å². The highest BCUT2D eigenvalue weighted by Gasteiger charge is 2.39. The van der Waals surface area contributed by atoms with Gasteiger partial charge in [-0.2, -0.15) is 0 Å². The van der Waals surface area contributed by atoms with Gasteiger partial charge in [0.25, 0.3) is 5.91 Å². The SMILES string of the molecule is COc1ccc(OC)c(NS(=O)(=O)C2C(=O)NC(=O)N=C2C)c1. The third-order valence-electron chi connectivity index (χ3n) is 3.09. The minimum atomic E-state index is -4.20. The summed E-state index contributed by atoms with van der Waals surface area (Å²) in [6, 6.07) is 3.63. The molecule has 0 bridgehead atoms. The zero-order chi connectivity index (χ0) is 17.2. The molecule has 1 aliphatic heterocycles. The van der Waals surface area contributed by atoms with Gasteiger partial charge in [0, 0.05) is 6.07 Å². The van der Waals surface area contributed by atoms with Crippen LogP contribution in [-0.2, 0) is 14.8 Å². The van der Waals surface area contributed by atoms with Crippen molar-refractivity contribution in [2.75, 3.05) is 18.9 Å². The second-order valence-electron chi connectivity index (χ2n) is 4.64. The molecule has 23 heavy (non-hydrogen) atoms. The molecule has 1 heterocycles. The highest BCUT2D eigenvalue weighted by molar-refractivity contribution is 7.94. The van der Waals surface area contributed by atoms with Crippen molar-refractivity contribution >= 4 is 33.4 Å². The van der Waals surface area contributed by atoms with Gasteiger partial charge in [0.05, 0.1) is 25.6 Å². The lowest BCUT2D eigenvalue weighted by molar-refractivity contribution is -0.118. The van der Waals surface area contributed by atoms with E-state index in [1.165, 1.54) is 33.3 Å². The van der Waals surface area contributed by atoms with Crippen LogP contribution in [0.25, 0.3) is 0 Å². The zero-order valence-electron chi connectivity index (χ0n) is 12.6. The molecular formula is C13H15N3O6S. The van der Waals surface area contributed by atoms with Crippen LogP contribution in [-0.4, -0.2) is 45.5 Å². The molecule has 0 fully saturated rings. The van der Waals surface area contributed by atoms with Crippen molar-refractivity contribution < 1.29 is 27.5 Å². The van der Waals surface area contributed by atoms with E-state index in [2.05, 4.69) is 9.71 Å². The molecule has 0 spiro atoms. The molecule has 3 amide bonds. The van der Waals surface area contributed by atoms with Gasteiger partial charge in [-0.05, 0) is 19.1 Å². The summed E-state index contributed by atoms with van der Waals surface area (Å²) in [7, 11) is -1.40. The number of anilines is 1. The third kappa shape index (κ3) is 3.42. The van der Waals surface area contributed by atoms with E-state index in [9.17, 15) is 18.0 Å². The molecular weight excluding hydrogens is 326 g/mol. The van der Waals surface area contributed by atoms with E-state index in [1.807, 2.05) is 5.32 Å². The van der Waals surface area contributed by atoms with Gasteiger partial charge in [-0.3, -0.25) is 14.8 Å². The molecule has 1 aromatic rings. The van der Waals surface area contributed by atoms with Gasteiger partial charge < -0.3 is 9.47 Å². The maximum Gasteiger partial charge on any atom is 0.347 e. The number of urea groups is 1. The van der Waals surface area contributed by atoms with Crippen LogP contribution in [0.3, 0.4) is 0 Å². The van der Waals surface area contributed by atoms with E-state index in [1.54, 1.807) is 6.07 Å². The Hall–Kier alpha value is -2.62. The van der Waals surface area contributed by atoms with Crippen LogP contribution in [0.2, 0.25) is 0 Å². The molecule has 2 rings (SSSR count). The Labute approximate surface area is 132 Å². The fourth-order valence-electron chi connectivity index (χ4n) is 2.08.